The lowest BCUT2D eigenvalue weighted by molar-refractivity contribution is 0.106. The Labute approximate surface area is 114 Å². The number of nitrogens with one attached hydrogen (secondary N) is 1. The molecule has 1 heterocycles. The molecule has 0 amide bonds. The molecule has 0 radical (unpaired) electrons. The van der Waals surface area contributed by atoms with E-state index in [0.717, 1.165) is 30.8 Å². The van der Waals surface area contributed by atoms with Gasteiger partial charge in [-0.2, -0.15) is 0 Å². The van der Waals surface area contributed by atoms with Crippen molar-refractivity contribution in [3.8, 4) is 0 Å². The summed E-state index contributed by atoms with van der Waals surface area (Å²) in [7, 11) is 0. The van der Waals surface area contributed by atoms with E-state index in [2.05, 4.69) is 24.4 Å². The molecule has 0 saturated heterocycles. The summed E-state index contributed by atoms with van der Waals surface area (Å²) in [5.41, 5.74) is 2.32. The van der Waals surface area contributed by atoms with Crippen molar-refractivity contribution in [2.75, 3.05) is 6.54 Å². The molecule has 0 atom stereocenters. The van der Waals surface area contributed by atoms with Crippen LogP contribution in [-0.4, -0.2) is 6.54 Å². The second-order valence-electron chi connectivity index (χ2n) is 4.52. The maximum atomic E-state index is 5.72. The second-order valence-corrected chi connectivity index (χ2v) is 4.52. The monoisotopic (exact) mass is 259 g/mol. The standard InChI is InChI=1S/C16H21NO2/c1-2-9-17-11-16-15(8-10-19-16)13-18-12-14-6-4-3-5-7-14/h3-8,10,17H,2,9,11-13H2,1H3. The molecule has 0 aliphatic heterocycles. The summed E-state index contributed by atoms with van der Waals surface area (Å²) in [6.45, 7) is 5.15. The molecule has 0 unspecified atom stereocenters. The second kappa shape index (κ2) is 7.77. The van der Waals surface area contributed by atoms with E-state index >= 15 is 0 Å². The van der Waals surface area contributed by atoms with Crippen LogP contribution in [0.5, 0.6) is 0 Å². The number of hydrogen-bond donors (Lipinski definition) is 1. The van der Waals surface area contributed by atoms with Gasteiger partial charge in [-0.1, -0.05) is 37.3 Å². The minimum atomic E-state index is 0.592. The van der Waals surface area contributed by atoms with E-state index in [1.165, 1.54) is 5.56 Å². The number of ether oxygens (including phenoxy) is 1. The summed E-state index contributed by atoms with van der Waals surface area (Å²) < 4.78 is 11.2. The van der Waals surface area contributed by atoms with Crippen LogP contribution in [0.15, 0.2) is 47.1 Å². The lowest BCUT2D eigenvalue weighted by atomic mass is 10.2. The molecule has 1 aromatic carbocycles. The number of hydrogen-bond acceptors (Lipinski definition) is 3. The molecule has 1 N–H and O–H groups in total. The summed E-state index contributed by atoms with van der Waals surface area (Å²) in [5.74, 6) is 0.974. The predicted molar refractivity (Wildman–Crippen MR) is 75.6 cm³/mol. The van der Waals surface area contributed by atoms with Gasteiger partial charge in [-0.3, -0.25) is 0 Å². The first-order chi connectivity index (χ1) is 9.40. The van der Waals surface area contributed by atoms with Crippen molar-refractivity contribution in [3.05, 3.63) is 59.5 Å². The molecule has 0 aliphatic carbocycles. The summed E-state index contributed by atoms with van der Waals surface area (Å²) in [6, 6.07) is 12.2. The average molecular weight is 259 g/mol. The maximum Gasteiger partial charge on any atom is 0.123 e. The first kappa shape index (κ1) is 13.8. The lowest BCUT2D eigenvalue weighted by Gasteiger charge is -2.06. The van der Waals surface area contributed by atoms with Gasteiger partial charge in [-0.05, 0) is 24.6 Å². The highest BCUT2D eigenvalue weighted by Crippen LogP contribution is 2.13. The molecule has 2 aromatic rings. The molecule has 102 valence electrons. The van der Waals surface area contributed by atoms with Gasteiger partial charge in [0.15, 0.2) is 0 Å². The Hall–Kier alpha value is -1.58. The van der Waals surface area contributed by atoms with Crippen molar-refractivity contribution in [1.82, 2.24) is 5.32 Å². The highest BCUT2D eigenvalue weighted by atomic mass is 16.5. The fourth-order valence-corrected chi connectivity index (χ4v) is 1.88. The maximum absolute atomic E-state index is 5.72. The molecule has 3 heteroatoms. The third kappa shape index (κ3) is 4.54. The third-order valence-electron chi connectivity index (χ3n) is 2.92. The SMILES string of the molecule is CCCNCc1occc1COCc1ccccc1. The Morgan fingerprint density at radius 1 is 1.11 bits per heavy atom. The van der Waals surface area contributed by atoms with Crippen molar-refractivity contribution in [2.45, 2.75) is 33.1 Å². The van der Waals surface area contributed by atoms with Crippen molar-refractivity contribution in [3.63, 3.8) is 0 Å². The Balaban J connectivity index is 1.78. The van der Waals surface area contributed by atoms with E-state index in [1.54, 1.807) is 6.26 Å². The van der Waals surface area contributed by atoms with Gasteiger partial charge in [0.25, 0.3) is 0 Å². The van der Waals surface area contributed by atoms with Gasteiger partial charge in [0, 0.05) is 5.56 Å². The summed E-state index contributed by atoms with van der Waals surface area (Å²) >= 11 is 0. The summed E-state index contributed by atoms with van der Waals surface area (Å²) in [4.78, 5) is 0. The Morgan fingerprint density at radius 2 is 1.95 bits per heavy atom. The molecule has 0 fully saturated rings. The van der Waals surface area contributed by atoms with Crippen LogP contribution in [-0.2, 0) is 24.5 Å². The van der Waals surface area contributed by atoms with Gasteiger partial charge in [0.05, 0.1) is 26.0 Å². The average Bonchev–Trinajstić information content (AvgIpc) is 2.88. The smallest absolute Gasteiger partial charge is 0.123 e. The van der Waals surface area contributed by atoms with E-state index in [0.29, 0.717) is 13.2 Å². The molecule has 19 heavy (non-hydrogen) atoms. The molecule has 2 rings (SSSR count). The van der Waals surface area contributed by atoms with Crippen molar-refractivity contribution >= 4 is 0 Å². The molecule has 0 spiro atoms. The zero-order valence-corrected chi connectivity index (χ0v) is 11.4. The van der Waals surface area contributed by atoms with E-state index in [-0.39, 0.29) is 0 Å². The molecule has 3 nitrogen and oxygen atoms in total. The van der Waals surface area contributed by atoms with Crippen LogP contribution in [0.25, 0.3) is 0 Å². The van der Waals surface area contributed by atoms with E-state index in [4.69, 9.17) is 9.15 Å². The Bertz CT molecular complexity index is 465. The minimum Gasteiger partial charge on any atom is -0.468 e. The first-order valence-electron chi connectivity index (χ1n) is 6.77. The molecule has 0 bridgehead atoms. The number of furan rings is 1. The van der Waals surface area contributed by atoms with Crippen LogP contribution >= 0.6 is 0 Å². The molecule has 0 aliphatic rings. The van der Waals surface area contributed by atoms with Crippen molar-refractivity contribution in [1.29, 1.82) is 0 Å². The fraction of sp³-hybridized carbons (Fsp3) is 0.375. The van der Waals surface area contributed by atoms with Gasteiger partial charge >= 0.3 is 0 Å². The third-order valence-corrected chi connectivity index (χ3v) is 2.92. The van der Waals surface area contributed by atoms with E-state index in [1.807, 2.05) is 24.3 Å². The van der Waals surface area contributed by atoms with Crippen molar-refractivity contribution in [2.24, 2.45) is 0 Å². The van der Waals surface area contributed by atoms with Gasteiger partial charge in [0.2, 0.25) is 0 Å². The highest BCUT2D eigenvalue weighted by molar-refractivity contribution is 5.16. The van der Waals surface area contributed by atoms with Gasteiger partial charge < -0.3 is 14.5 Å². The quantitative estimate of drug-likeness (QED) is 0.737. The first-order valence-corrected chi connectivity index (χ1v) is 6.77. The summed E-state index contributed by atoms with van der Waals surface area (Å²) in [6.07, 6.45) is 2.85. The van der Waals surface area contributed by atoms with Crippen LogP contribution in [0.2, 0.25) is 0 Å². The summed E-state index contributed by atoms with van der Waals surface area (Å²) in [5, 5.41) is 3.34. The molecular formula is C16H21NO2. The minimum absolute atomic E-state index is 0.592. The van der Waals surface area contributed by atoms with Gasteiger partial charge in [-0.15, -0.1) is 0 Å². The van der Waals surface area contributed by atoms with Crippen LogP contribution in [0.1, 0.15) is 30.2 Å². The van der Waals surface area contributed by atoms with Crippen LogP contribution < -0.4 is 5.32 Å². The molecular weight excluding hydrogens is 238 g/mol. The zero-order valence-electron chi connectivity index (χ0n) is 11.4. The fourth-order valence-electron chi connectivity index (χ4n) is 1.88. The van der Waals surface area contributed by atoms with Gasteiger partial charge in [-0.25, -0.2) is 0 Å². The number of rotatable bonds is 8. The topological polar surface area (TPSA) is 34.4 Å². The molecule has 1 aromatic heterocycles. The Morgan fingerprint density at radius 3 is 2.74 bits per heavy atom. The predicted octanol–water partition coefficient (Wildman–Crippen LogP) is 3.50. The zero-order chi connectivity index (χ0) is 13.3. The highest BCUT2D eigenvalue weighted by Gasteiger charge is 2.05. The lowest BCUT2D eigenvalue weighted by Crippen LogP contribution is -2.14. The van der Waals surface area contributed by atoms with E-state index in [9.17, 15) is 0 Å². The van der Waals surface area contributed by atoms with Crippen LogP contribution in [0.3, 0.4) is 0 Å². The Kier molecular flexibility index (Phi) is 5.66. The van der Waals surface area contributed by atoms with E-state index < -0.39 is 0 Å². The normalized spacial score (nSPS) is 10.8. The molecule has 0 saturated carbocycles. The largest absolute Gasteiger partial charge is 0.468 e. The van der Waals surface area contributed by atoms with Crippen LogP contribution in [0, 0.1) is 0 Å². The van der Waals surface area contributed by atoms with Crippen molar-refractivity contribution < 1.29 is 9.15 Å². The van der Waals surface area contributed by atoms with Crippen LogP contribution in [0.4, 0.5) is 0 Å². The van der Waals surface area contributed by atoms with Gasteiger partial charge in [0.1, 0.15) is 5.76 Å². The number of benzene rings is 1.